The highest BCUT2D eigenvalue weighted by Gasteiger charge is 2.37. The third-order valence-corrected chi connectivity index (χ3v) is 10.2. The third-order valence-electron chi connectivity index (χ3n) is 7.16. The molecule has 3 aromatic rings. The van der Waals surface area contributed by atoms with Crippen molar-refractivity contribution < 1.29 is 13.2 Å². The van der Waals surface area contributed by atoms with Crippen molar-refractivity contribution in [2.75, 3.05) is 32.7 Å². The van der Waals surface area contributed by atoms with Crippen molar-refractivity contribution in [3.05, 3.63) is 87.6 Å². The molecule has 2 aliphatic rings. The van der Waals surface area contributed by atoms with E-state index in [0.717, 1.165) is 13.0 Å². The minimum absolute atomic E-state index is 0.0610. The zero-order chi connectivity index (χ0) is 24.6. The average molecular weight is 510 g/mol. The minimum Gasteiger partial charge on any atom is -0.339 e. The molecule has 1 amide bonds. The van der Waals surface area contributed by atoms with Gasteiger partial charge in [-0.2, -0.15) is 4.31 Å². The first-order chi connectivity index (χ1) is 16.9. The molecule has 0 spiro atoms. The van der Waals surface area contributed by atoms with E-state index < -0.39 is 10.0 Å². The highest BCUT2D eigenvalue weighted by Crippen LogP contribution is 2.38. The predicted molar refractivity (Wildman–Crippen MR) is 139 cm³/mol. The fourth-order valence-corrected chi connectivity index (χ4v) is 7.86. The molecule has 35 heavy (non-hydrogen) atoms. The molecule has 0 bridgehead atoms. The second kappa shape index (κ2) is 9.85. The number of piperazine rings is 1. The zero-order valence-electron chi connectivity index (χ0n) is 20.1. The summed E-state index contributed by atoms with van der Waals surface area (Å²) in [6.45, 7) is 6.28. The summed E-state index contributed by atoms with van der Waals surface area (Å²) in [6, 6.07) is 18.9. The maximum atomic E-state index is 13.5. The van der Waals surface area contributed by atoms with Crippen LogP contribution in [0.25, 0.3) is 0 Å². The lowest BCUT2D eigenvalue weighted by molar-refractivity contribution is -0.135. The second-order valence-corrected chi connectivity index (χ2v) is 12.3. The van der Waals surface area contributed by atoms with Crippen LogP contribution in [0, 0.1) is 6.92 Å². The normalized spacial score (nSPS) is 21.6. The Morgan fingerprint density at radius 3 is 2.46 bits per heavy atom. The minimum atomic E-state index is -3.58. The Kier molecular flexibility index (Phi) is 6.81. The number of carbonyl (C=O) groups is 1. The Bertz CT molecular complexity index is 1310. The van der Waals surface area contributed by atoms with E-state index in [0.29, 0.717) is 31.1 Å². The zero-order valence-corrected chi connectivity index (χ0v) is 21.8. The van der Waals surface area contributed by atoms with Crippen molar-refractivity contribution in [3.63, 3.8) is 0 Å². The average Bonchev–Trinajstić information content (AvgIpc) is 3.34. The lowest BCUT2D eigenvalue weighted by Gasteiger charge is -2.41. The van der Waals surface area contributed by atoms with Crippen LogP contribution in [-0.2, 0) is 21.2 Å². The molecular weight excluding hydrogens is 478 g/mol. The van der Waals surface area contributed by atoms with Crippen LogP contribution >= 0.6 is 11.3 Å². The molecule has 0 saturated carbocycles. The smallest absolute Gasteiger partial charge is 0.243 e. The van der Waals surface area contributed by atoms with Crippen molar-refractivity contribution in [2.24, 2.45) is 0 Å². The number of aryl methyl sites for hydroxylation is 1. The molecule has 6 nitrogen and oxygen atoms in total. The highest BCUT2D eigenvalue weighted by molar-refractivity contribution is 7.89. The van der Waals surface area contributed by atoms with Gasteiger partial charge in [0.05, 0.1) is 17.5 Å². The van der Waals surface area contributed by atoms with Gasteiger partial charge in [0.2, 0.25) is 15.9 Å². The van der Waals surface area contributed by atoms with Crippen molar-refractivity contribution in [2.45, 2.75) is 37.2 Å². The Morgan fingerprint density at radius 2 is 1.71 bits per heavy atom. The number of amides is 1. The summed E-state index contributed by atoms with van der Waals surface area (Å²) >= 11 is 1.80. The lowest BCUT2D eigenvalue weighted by atomic mass is 9.90. The molecule has 1 aromatic heterocycles. The standard InChI is InChI=1S/C27H31N3O3S2/c1-20-8-6-7-11-23(20)27-24-13-17-34-25(24)12-14-29(27)19-26(31)28-15-16-30(21(2)18-28)35(32,33)22-9-4-3-5-10-22/h3-11,13,17,21,27H,12,14-16,18-19H2,1-2H3/t21-,27+/m0/s1. The molecule has 2 aromatic carbocycles. The summed E-state index contributed by atoms with van der Waals surface area (Å²) in [5.74, 6) is 0.0610. The van der Waals surface area contributed by atoms with E-state index >= 15 is 0 Å². The van der Waals surface area contributed by atoms with Gasteiger partial charge in [-0.05, 0) is 60.5 Å². The van der Waals surface area contributed by atoms with Crippen LogP contribution in [0.5, 0.6) is 0 Å². The Labute approximate surface area is 211 Å². The molecular formula is C27H31N3O3S2. The fourth-order valence-electron chi connectivity index (χ4n) is 5.32. The lowest BCUT2D eigenvalue weighted by Crippen LogP contribution is -2.57. The summed E-state index contributed by atoms with van der Waals surface area (Å²) in [5, 5.41) is 2.15. The van der Waals surface area contributed by atoms with E-state index in [1.54, 1.807) is 35.6 Å². The quantitative estimate of drug-likeness (QED) is 0.523. The van der Waals surface area contributed by atoms with Gasteiger partial charge in [-0.25, -0.2) is 8.42 Å². The van der Waals surface area contributed by atoms with Crippen LogP contribution in [0.1, 0.15) is 34.5 Å². The van der Waals surface area contributed by atoms with E-state index in [9.17, 15) is 13.2 Å². The van der Waals surface area contributed by atoms with Crippen molar-refractivity contribution in [1.29, 1.82) is 0 Å². The van der Waals surface area contributed by atoms with Gasteiger partial charge in [0, 0.05) is 37.1 Å². The van der Waals surface area contributed by atoms with Gasteiger partial charge in [0.15, 0.2) is 0 Å². The number of fused-ring (bicyclic) bond motifs is 1. The molecule has 0 aliphatic carbocycles. The van der Waals surface area contributed by atoms with E-state index in [1.165, 1.54) is 25.9 Å². The predicted octanol–water partition coefficient (Wildman–Crippen LogP) is 3.93. The van der Waals surface area contributed by atoms with Gasteiger partial charge >= 0.3 is 0 Å². The van der Waals surface area contributed by atoms with Crippen LogP contribution in [0.4, 0.5) is 0 Å². The monoisotopic (exact) mass is 509 g/mol. The van der Waals surface area contributed by atoms with E-state index in [1.807, 2.05) is 17.9 Å². The first-order valence-corrected chi connectivity index (χ1v) is 14.4. The second-order valence-electron chi connectivity index (χ2n) is 9.40. The molecule has 0 unspecified atom stereocenters. The number of hydrogen-bond acceptors (Lipinski definition) is 5. The van der Waals surface area contributed by atoms with Crippen LogP contribution in [0.3, 0.4) is 0 Å². The van der Waals surface area contributed by atoms with Crippen molar-refractivity contribution >= 4 is 27.3 Å². The topological polar surface area (TPSA) is 60.9 Å². The van der Waals surface area contributed by atoms with Crippen LogP contribution in [-0.4, -0.2) is 67.2 Å². The number of rotatable bonds is 5. The summed E-state index contributed by atoms with van der Waals surface area (Å²) < 4.78 is 27.8. The highest BCUT2D eigenvalue weighted by atomic mass is 32.2. The van der Waals surface area contributed by atoms with Crippen LogP contribution in [0.2, 0.25) is 0 Å². The van der Waals surface area contributed by atoms with Gasteiger partial charge in [-0.3, -0.25) is 9.69 Å². The van der Waals surface area contributed by atoms with Crippen molar-refractivity contribution in [1.82, 2.24) is 14.1 Å². The van der Waals surface area contributed by atoms with E-state index in [2.05, 4.69) is 47.5 Å². The Hall–Kier alpha value is -2.52. The van der Waals surface area contributed by atoms with E-state index in [4.69, 9.17) is 0 Å². The fraction of sp³-hybridized carbons (Fsp3) is 0.370. The molecule has 2 atom stereocenters. The molecule has 2 aliphatic heterocycles. The van der Waals surface area contributed by atoms with Gasteiger partial charge in [-0.1, -0.05) is 42.5 Å². The molecule has 1 fully saturated rings. The van der Waals surface area contributed by atoms with Crippen LogP contribution < -0.4 is 0 Å². The first-order valence-electron chi connectivity index (χ1n) is 12.1. The molecule has 0 N–H and O–H groups in total. The molecule has 184 valence electrons. The SMILES string of the molecule is Cc1ccccc1[C@@H]1c2ccsc2CCN1CC(=O)N1CCN(S(=O)(=O)c2ccccc2)[C@@H](C)C1. The molecule has 8 heteroatoms. The maximum Gasteiger partial charge on any atom is 0.243 e. The number of thiophene rings is 1. The Morgan fingerprint density at radius 1 is 0.971 bits per heavy atom. The summed E-state index contributed by atoms with van der Waals surface area (Å²) in [6.07, 6.45) is 0.947. The summed E-state index contributed by atoms with van der Waals surface area (Å²) in [5.41, 5.74) is 3.77. The number of benzene rings is 2. The van der Waals surface area contributed by atoms with E-state index in [-0.39, 0.29) is 18.0 Å². The summed E-state index contributed by atoms with van der Waals surface area (Å²) in [7, 11) is -3.58. The third kappa shape index (κ3) is 4.68. The number of sulfonamides is 1. The number of carbonyl (C=O) groups excluding carboxylic acids is 1. The number of nitrogens with zero attached hydrogens (tertiary/aromatic N) is 3. The van der Waals surface area contributed by atoms with Crippen LogP contribution in [0.15, 0.2) is 70.9 Å². The Balaban J connectivity index is 1.31. The first kappa shape index (κ1) is 24.2. The van der Waals surface area contributed by atoms with Gasteiger partial charge in [0.1, 0.15) is 0 Å². The molecule has 3 heterocycles. The largest absolute Gasteiger partial charge is 0.339 e. The van der Waals surface area contributed by atoms with Crippen molar-refractivity contribution in [3.8, 4) is 0 Å². The summed E-state index contributed by atoms with van der Waals surface area (Å²) in [4.78, 5) is 19.3. The molecule has 5 rings (SSSR count). The van der Waals surface area contributed by atoms with Gasteiger partial charge < -0.3 is 4.90 Å². The maximum absolute atomic E-state index is 13.5. The number of hydrogen-bond donors (Lipinski definition) is 0. The molecule has 0 radical (unpaired) electrons. The van der Waals surface area contributed by atoms with Gasteiger partial charge in [0.25, 0.3) is 0 Å². The van der Waals surface area contributed by atoms with Gasteiger partial charge in [-0.15, -0.1) is 11.3 Å². The molecule has 1 saturated heterocycles.